The van der Waals surface area contributed by atoms with Gasteiger partial charge in [-0.15, -0.1) is 0 Å². The minimum atomic E-state index is -0.882. The van der Waals surface area contributed by atoms with E-state index in [1.165, 1.54) is 0 Å². The summed E-state index contributed by atoms with van der Waals surface area (Å²) in [6.45, 7) is 7.07. The Morgan fingerprint density at radius 2 is 2.20 bits per heavy atom. The van der Waals surface area contributed by atoms with E-state index < -0.39 is 5.97 Å². The van der Waals surface area contributed by atoms with Crippen molar-refractivity contribution in [3.05, 3.63) is 23.4 Å². The quantitative estimate of drug-likeness (QED) is 0.910. The predicted octanol–water partition coefficient (Wildman–Crippen LogP) is 1.87. The fourth-order valence-electron chi connectivity index (χ4n) is 2.71. The lowest BCUT2D eigenvalue weighted by Crippen LogP contribution is -2.50. The Morgan fingerprint density at radius 3 is 2.80 bits per heavy atom. The van der Waals surface area contributed by atoms with E-state index in [1.54, 1.807) is 12.1 Å². The van der Waals surface area contributed by atoms with Crippen molar-refractivity contribution in [3.8, 4) is 0 Å². The molecule has 0 aliphatic carbocycles. The molecule has 5 nitrogen and oxygen atoms in total. The van der Waals surface area contributed by atoms with Gasteiger partial charge in [-0.3, -0.25) is 0 Å². The van der Waals surface area contributed by atoms with Gasteiger partial charge in [0.05, 0.1) is 5.56 Å². The van der Waals surface area contributed by atoms with Crippen molar-refractivity contribution < 1.29 is 9.90 Å². The molecule has 1 aromatic heterocycles. The highest BCUT2D eigenvalue weighted by atomic mass is 16.4. The highest BCUT2D eigenvalue weighted by Crippen LogP contribution is 2.21. The minimum absolute atomic E-state index is 0.338. The summed E-state index contributed by atoms with van der Waals surface area (Å²) in [6.07, 6.45) is 1.78. The average molecular weight is 277 g/mol. The van der Waals surface area contributed by atoms with E-state index >= 15 is 0 Å². The number of carboxylic acid groups (broad SMARTS) is 1. The topological polar surface area (TPSA) is 56.7 Å². The lowest BCUT2D eigenvalue weighted by atomic mass is 10.1. The maximum absolute atomic E-state index is 11.3. The Kier molecular flexibility index (Phi) is 4.60. The normalized spacial score (nSPS) is 20.1. The van der Waals surface area contributed by atoms with E-state index in [9.17, 15) is 9.90 Å². The first kappa shape index (κ1) is 14.8. The van der Waals surface area contributed by atoms with Crippen LogP contribution in [0.5, 0.6) is 0 Å². The van der Waals surface area contributed by atoms with Crippen LogP contribution in [0, 0.1) is 0 Å². The van der Waals surface area contributed by atoms with Crippen LogP contribution in [0.15, 0.2) is 12.1 Å². The molecule has 0 saturated carbocycles. The maximum Gasteiger partial charge on any atom is 0.335 e. The zero-order chi connectivity index (χ0) is 14.7. The molecule has 1 N–H and O–H groups in total. The second-order valence-electron chi connectivity index (χ2n) is 5.57. The second kappa shape index (κ2) is 6.22. The van der Waals surface area contributed by atoms with Crippen molar-refractivity contribution in [2.45, 2.75) is 32.7 Å². The number of hydrogen-bond acceptors (Lipinski definition) is 4. The van der Waals surface area contributed by atoms with E-state index in [-0.39, 0.29) is 0 Å². The highest BCUT2D eigenvalue weighted by Gasteiger charge is 2.23. The van der Waals surface area contributed by atoms with E-state index in [1.807, 2.05) is 0 Å². The third kappa shape index (κ3) is 3.28. The Labute approximate surface area is 120 Å². The molecule has 1 fully saturated rings. The van der Waals surface area contributed by atoms with Gasteiger partial charge in [-0.1, -0.05) is 13.3 Å². The van der Waals surface area contributed by atoms with Crippen molar-refractivity contribution in [3.63, 3.8) is 0 Å². The van der Waals surface area contributed by atoms with Crippen molar-refractivity contribution >= 4 is 11.8 Å². The Morgan fingerprint density at radius 1 is 1.45 bits per heavy atom. The van der Waals surface area contributed by atoms with Crippen LogP contribution in [0.25, 0.3) is 0 Å². The molecule has 1 aromatic rings. The van der Waals surface area contributed by atoms with Crippen LogP contribution < -0.4 is 4.90 Å². The number of aryl methyl sites for hydroxylation is 1. The van der Waals surface area contributed by atoms with Crippen LogP contribution in [0.4, 0.5) is 5.82 Å². The van der Waals surface area contributed by atoms with Gasteiger partial charge in [0.25, 0.3) is 0 Å². The number of hydrogen-bond donors (Lipinski definition) is 1. The molecule has 2 heterocycles. The lowest BCUT2D eigenvalue weighted by Gasteiger charge is -2.39. The molecule has 20 heavy (non-hydrogen) atoms. The molecule has 1 unspecified atom stereocenters. The van der Waals surface area contributed by atoms with Gasteiger partial charge in [0.15, 0.2) is 0 Å². The molecule has 2 rings (SSSR count). The van der Waals surface area contributed by atoms with Gasteiger partial charge in [-0.2, -0.15) is 0 Å². The summed E-state index contributed by atoms with van der Waals surface area (Å²) in [5.74, 6) is -0.0817. The summed E-state index contributed by atoms with van der Waals surface area (Å²) in [5.41, 5.74) is 1.21. The largest absolute Gasteiger partial charge is 0.478 e. The van der Waals surface area contributed by atoms with Gasteiger partial charge in [0, 0.05) is 31.4 Å². The number of rotatable bonds is 4. The summed E-state index contributed by atoms with van der Waals surface area (Å²) >= 11 is 0. The maximum atomic E-state index is 11.3. The standard InChI is InChI=1S/C15H23N3O2/c1-4-5-13-8-12(15(19)20)9-14(16-13)18-7-6-17(3)10-11(18)2/h8-9,11H,4-7,10H2,1-3H3,(H,19,20). The van der Waals surface area contributed by atoms with Crippen molar-refractivity contribution in [2.75, 3.05) is 31.6 Å². The predicted molar refractivity (Wildman–Crippen MR) is 79.5 cm³/mol. The van der Waals surface area contributed by atoms with Crippen molar-refractivity contribution in [1.82, 2.24) is 9.88 Å². The summed E-state index contributed by atoms with van der Waals surface area (Å²) in [4.78, 5) is 20.4. The number of piperazine rings is 1. The molecule has 1 aliphatic heterocycles. The number of carboxylic acids is 1. The molecule has 5 heteroatoms. The number of carbonyl (C=O) groups is 1. The van der Waals surface area contributed by atoms with Crippen LogP contribution in [-0.4, -0.2) is 53.7 Å². The monoisotopic (exact) mass is 277 g/mol. The molecule has 1 saturated heterocycles. The molecule has 1 atom stereocenters. The fourth-order valence-corrected chi connectivity index (χ4v) is 2.71. The Hall–Kier alpha value is -1.62. The van der Waals surface area contributed by atoms with Crippen LogP contribution in [0.1, 0.15) is 36.3 Å². The molecule has 0 bridgehead atoms. The third-order valence-corrected chi connectivity index (χ3v) is 3.74. The number of anilines is 1. The molecule has 0 aromatic carbocycles. The molecular formula is C15H23N3O2. The Balaban J connectivity index is 2.32. The van der Waals surface area contributed by atoms with Gasteiger partial charge >= 0.3 is 5.97 Å². The number of likely N-dealkylation sites (N-methyl/N-ethyl adjacent to an activating group) is 1. The van der Waals surface area contributed by atoms with E-state index in [2.05, 4.69) is 35.7 Å². The van der Waals surface area contributed by atoms with Crippen molar-refractivity contribution in [1.29, 1.82) is 0 Å². The smallest absolute Gasteiger partial charge is 0.335 e. The fraction of sp³-hybridized carbons (Fsp3) is 0.600. The van der Waals surface area contributed by atoms with Crippen LogP contribution in [-0.2, 0) is 6.42 Å². The summed E-state index contributed by atoms with van der Waals surface area (Å²) in [7, 11) is 2.11. The summed E-state index contributed by atoms with van der Waals surface area (Å²) in [6, 6.07) is 3.74. The second-order valence-corrected chi connectivity index (χ2v) is 5.57. The third-order valence-electron chi connectivity index (χ3n) is 3.74. The molecule has 0 amide bonds. The first-order chi connectivity index (χ1) is 9.51. The van der Waals surface area contributed by atoms with Gasteiger partial charge in [-0.05, 0) is 32.5 Å². The van der Waals surface area contributed by atoms with Crippen LogP contribution in [0.2, 0.25) is 0 Å². The number of aromatic nitrogens is 1. The lowest BCUT2D eigenvalue weighted by molar-refractivity contribution is 0.0696. The first-order valence-corrected chi connectivity index (χ1v) is 7.20. The zero-order valence-electron chi connectivity index (χ0n) is 12.5. The zero-order valence-corrected chi connectivity index (χ0v) is 12.5. The number of pyridine rings is 1. The minimum Gasteiger partial charge on any atom is -0.478 e. The van der Waals surface area contributed by atoms with Gasteiger partial charge in [0.2, 0.25) is 0 Å². The molecule has 0 radical (unpaired) electrons. The average Bonchev–Trinajstić information content (AvgIpc) is 2.38. The van der Waals surface area contributed by atoms with Gasteiger partial charge in [0.1, 0.15) is 5.82 Å². The number of nitrogens with zero attached hydrogens (tertiary/aromatic N) is 3. The van der Waals surface area contributed by atoms with Crippen LogP contribution in [0.3, 0.4) is 0 Å². The molecule has 0 spiro atoms. The molecule has 110 valence electrons. The summed E-state index contributed by atoms with van der Waals surface area (Å²) < 4.78 is 0. The van der Waals surface area contributed by atoms with Crippen molar-refractivity contribution in [2.24, 2.45) is 0 Å². The van der Waals surface area contributed by atoms with Crippen LogP contribution >= 0.6 is 0 Å². The SMILES string of the molecule is CCCc1cc(C(=O)O)cc(N2CCN(C)CC2C)n1. The Bertz CT molecular complexity index is 490. The van der Waals surface area contributed by atoms with Gasteiger partial charge < -0.3 is 14.9 Å². The van der Waals surface area contributed by atoms with Gasteiger partial charge in [-0.25, -0.2) is 9.78 Å². The summed E-state index contributed by atoms with van der Waals surface area (Å²) in [5, 5.41) is 9.25. The first-order valence-electron chi connectivity index (χ1n) is 7.20. The molecule has 1 aliphatic rings. The van der Waals surface area contributed by atoms with E-state index in [0.29, 0.717) is 11.6 Å². The highest BCUT2D eigenvalue weighted by molar-refractivity contribution is 5.88. The van der Waals surface area contributed by atoms with E-state index in [4.69, 9.17) is 0 Å². The van der Waals surface area contributed by atoms with E-state index in [0.717, 1.165) is 44.0 Å². The molecular weight excluding hydrogens is 254 g/mol. The number of aromatic carboxylic acids is 1.